The number of hydrogen-bond acceptors (Lipinski definition) is 3. The van der Waals surface area contributed by atoms with Gasteiger partial charge in [0.2, 0.25) is 5.91 Å². The van der Waals surface area contributed by atoms with Gasteiger partial charge in [-0.1, -0.05) is 27.2 Å². The minimum atomic E-state index is -0.722. The number of carbonyl (C=O) groups excluding carboxylic acids is 1. The lowest BCUT2D eigenvalue weighted by atomic mass is 9.47. The molecule has 0 spiro atoms. The van der Waals surface area contributed by atoms with Gasteiger partial charge < -0.3 is 15.4 Å². The Morgan fingerprint density at radius 2 is 2.05 bits per heavy atom. The molecule has 1 amide bonds. The van der Waals surface area contributed by atoms with Crippen molar-refractivity contribution in [1.82, 2.24) is 4.90 Å². The van der Waals surface area contributed by atoms with E-state index in [0.29, 0.717) is 0 Å². The lowest BCUT2D eigenvalue weighted by Gasteiger charge is -2.61. The van der Waals surface area contributed by atoms with Crippen LogP contribution in [0, 0.1) is 17.3 Å². The molecule has 1 aliphatic carbocycles. The van der Waals surface area contributed by atoms with Gasteiger partial charge in [-0.05, 0) is 31.6 Å². The summed E-state index contributed by atoms with van der Waals surface area (Å²) in [5.41, 5.74) is 5.72. The van der Waals surface area contributed by atoms with Crippen LogP contribution >= 0.6 is 0 Å². The van der Waals surface area contributed by atoms with E-state index in [1.54, 1.807) is 0 Å². The van der Waals surface area contributed by atoms with Gasteiger partial charge >= 0.3 is 0 Å². The standard InChI is InChI=1S/C17H30N2O2/c1-4-12-6-5-9-19(10-7-12)15(20)17(18)13-8-11-21-14(13)16(17,2)3/h12-14H,4-11,18H2,1-3H3. The van der Waals surface area contributed by atoms with Crippen LogP contribution in [0.15, 0.2) is 0 Å². The summed E-state index contributed by atoms with van der Waals surface area (Å²) in [7, 11) is 0. The maximum atomic E-state index is 13.2. The summed E-state index contributed by atoms with van der Waals surface area (Å²) in [6.45, 7) is 8.96. The molecule has 0 bridgehead atoms. The third-order valence-corrected chi connectivity index (χ3v) is 6.52. The minimum Gasteiger partial charge on any atom is -0.377 e. The zero-order valence-electron chi connectivity index (χ0n) is 13.7. The van der Waals surface area contributed by atoms with Crippen molar-refractivity contribution in [2.45, 2.75) is 64.5 Å². The molecule has 2 saturated heterocycles. The number of ether oxygens (including phenoxy) is 1. The Morgan fingerprint density at radius 3 is 2.76 bits per heavy atom. The molecule has 3 aliphatic rings. The van der Waals surface area contributed by atoms with E-state index in [-0.39, 0.29) is 23.3 Å². The number of nitrogens with zero attached hydrogens (tertiary/aromatic N) is 1. The number of rotatable bonds is 2. The van der Waals surface area contributed by atoms with Crippen molar-refractivity contribution in [2.75, 3.05) is 19.7 Å². The first-order chi connectivity index (χ1) is 9.92. The molecule has 0 aromatic carbocycles. The zero-order chi connectivity index (χ0) is 15.3. The van der Waals surface area contributed by atoms with Crippen molar-refractivity contribution in [3.05, 3.63) is 0 Å². The molecule has 0 aromatic rings. The molecule has 2 N–H and O–H groups in total. The van der Waals surface area contributed by atoms with Crippen LogP contribution in [0.3, 0.4) is 0 Å². The maximum Gasteiger partial charge on any atom is 0.243 e. The van der Waals surface area contributed by atoms with Crippen LogP contribution in [-0.4, -0.2) is 42.1 Å². The Balaban J connectivity index is 1.75. The molecule has 2 heterocycles. The molecule has 4 atom stereocenters. The van der Waals surface area contributed by atoms with Crippen LogP contribution in [0.5, 0.6) is 0 Å². The number of nitrogens with two attached hydrogens (primary N) is 1. The fraction of sp³-hybridized carbons (Fsp3) is 0.941. The van der Waals surface area contributed by atoms with Crippen LogP contribution in [0.4, 0.5) is 0 Å². The molecule has 4 heteroatoms. The van der Waals surface area contributed by atoms with Crippen LogP contribution in [0.25, 0.3) is 0 Å². The lowest BCUT2D eigenvalue weighted by molar-refractivity contribution is -0.184. The first kappa shape index (κ1) is 15.3. The predicted molar refractivity (Wildman–Crippen MR) is 82.8 cm³/mol. The molecule has 4 nitrogen and oxygen atoms in total. The molecule has 21 heavy (non-hydrogen) atoms. The highest BCUT2D eigenvalue weighted by Crippen LogP contribution is 2.58. The van der Waals surface area contributed by atoms with E-state index >= 15 is 0 Å². The van der Waals surface area contributed by atoms with Crippen molar-refractivity contribution < 1.29 is 9.53 Å². The van der Waals surface area contributed by atoms with Gasteiger partial charge in [0.15, 0.2) is 0 Å². The molecule has 0 aromatic heterocycles. The second-order valence-corrected chi connectivity index (χ2v) is 7.77. The molecular weight excluding hydrogens is 264 g/mol. The fourth-order valence-corrected chi connectivity index (χ4v) is 4.86. The van der Waals surface area contributed by atoms with Crippen molar-refractivity contribution in [3.63, 3.8) is 0 Å². The van der Waals surface area contributed by atoms with Crippen molar-refractivity contribution in [2.24, 2.45) is 23.0 Å². The summed E-state index contributed by atoms with van der Waals surface area (Å²) < 4.78 is 5.81. The smallest absolute Gasteiger partial charge is 0.243 e. The highest BCUT2D eigenvalue weighted by atomic mass is 16.5. The van der Waals surface area contributed by atoms with Crippen molar-refractivity contribution in [1.29, 1.82) is 0 Å². The molecule has 1 saturated carbocycles. The Labute approximate surface area is 128 Å². The van der Waals surface area contributed by atoms with Gasteiger partial charge in [0.1, 0.15) is 5.54 Å². The summed E-state index contributed by atoms with van der Waals surface area (Å²) >= 11 is 0. The molecular formula is C17H30N2O2. The second-order valence-electron chi connectivity index (χ2n) is 7.77. The minimum absolute atomic E-state index is 0.168. The number of fused-ring (bicyclic) bond motifs is 1. The van der Waals surface area contributed by atoms with Crippen LogP contribution in [-0.2, 0) is 9.53 Å². The molecule has 4 unspecified atom stereocenters. The molecule has 3 fully saturated rings. The van der Waals surface area contributed by atoms with E-state index < -0.39 is 5.54 Å². The molecule has 3 rings (SSSR count). The third kappa shape index (κ3) is 2.06. The largest absolute Gasteiger partial charge is 0.377 e. The van der Waals surface area contributed by atoms with Gasteiger partial charge in [-0.3, -0.25) is 4.79 Å². The summed E-state index contributed by atoms with van der Waals surface area (Å²) in [6.07, 6.45) is 5.81. The van der Waals surface area contributed by atoms with Gasteiger partial charge in [0.05, 0.1) is 6.10 Å². The van der Waals surface area contributed by atoms with E-state index in [1.807, 2.05) is 4.90 Å². The SMILES string of the molecule is CCC1CCCN(C(=O)C2(N)C3CCOC3C2(C)C)CC1. The molecule has 120 valence electrons. The number of carbonyl (C=O) groups is 1. The summed E-state index contributed by atoms with van der Waals surface area (Å²) in [6, 6.07) is 0. The highest BCUT2D eigenvalue weighted by molar-refractivity contribution is 5.89. The van der Waals surface area contributed by atoms with Gasteiger partial charge in [-0.15, -0.1) is 0 Å². The van der Waals surface area contributed by atoms with Gasteiger partial charge in [0.25, 0.3) is 0 Å². The van der Waals surface area contributed by atoms with E-state index in [0.717, 1.165) is 44.9 Å². The lowest BCUT2D eigenvalue weighted by Crippen LogP contribution is -2.80. The highest BCUT2D eigenvalue weighted by Gasteiger charge is 2.71. The normalized spacial score (nSPS) is 42.1. The van der Waals surface area contributed by atoms with Gasteiger partial charge in [0, 0.05) is 31.0 Å². The van der Waals surface area contributed by atoms with E-state index in [4.69, 9.17) is 10.5 Å². The third-order valence-electron chi connectivity index (χ3n) is 6.52. The van der Waals surface area contributed by atoms with Crippen LogP contribution in [0.2, 0.25) is 0 Å². The topological polar surface area (TPSA) is 55.6 Å². The van der Waals surface area contributed by atoms with Gasteiger partial charge in [-0.2, -0.15) is 0 Å². The quantitative estimate of drug-likeness (QED) is 0.849. The molecule has 0 radical (unpaired) electrons. The summed E-state index contributed by atoms with van der Waals surface area (Å²) in [4.78, 5) is 15.2. The van der Waals surface area contributed by atoms with Crippen LogP contribution < -0.4 is 5.73 Å². The Kier molecular flexibility index (Phi) is 3.81. The fourth-order valence-electron chi connectivity index (χ4n) is 4.86. The van der Waals surface area contributed by atoms with E-state index in [1.165, 1.54) is 12.8 Å². The van der Waals surface area contributed by atoms with E-state index in [2.05, 4.69) is 20.8 Å². The average molecular weight is 294 g/mol. The van der Waals surface area contributed by atoms with E-state index in [9.17, 15) is 4.79 Å². The average Bonchev–Trinajstić information content (AvgIpc) is 2.82. The predicted octanol–water partition coefficient (Wildman–Crippen LogP) is 2.17. The number of hydrogen-bond donors (Lipinski definition) is 1. The zero-order valence-corrected chi connectivity index (χ0v) is 13.7. The first-order valence-corrected chi connectivity index (χ1v) is 8.62. The van der Waals surface area contributed by atoms with Crippen LogP contribution in [0.1, 0.15) is 52.9 Å². The number of amides is 1. The summed E-state index contributed by atoms with van der Waals surface area (Å²) in [5.74, 6) is 1.16. The second kappa shape index (κ2) is 5.24. The van der Waals surface area contributed by atoms with Gasteiger partial charge in [-0.25, -0.2) is 0 Å². The Hall–Kier alpha value is -0.610. The molecule has 2 aliphatic heterocycles. The summed E-state index contributed by atoms with van der Waals surface area (Å²) in [5, 5.41) is 0. The Morgan fingerprint density at radius 1 is 1.29 bits per heavy atom. The van der Waals surface area contributed by atoms with Crippen molar-refractivity contribution >= 4 is 5.91 Å². The van der Waals surface area contributed by atoms with Crippen molar-refractivity contribution in [3.8, 4) is 0 Å². The number of likely N-dealkylation sites (tertiary alicyclic amines) is 1. The first-order valence-electron chi connectivity index (χ1n) is 8.62. The maximum absolute atomic E-state index is 13.2. The Bertz CT molecular complexity index is 423. The monoisotopic (exact) mass is 294 g/mol.